The molecule has 1 aliphatic carbocycles. The topological polar surface area (TPSA) is 59.2 Å². The van der Waals surface area contributed by atoms with E-state index in [1.165, 1.54) is 19.3 Å². The maximum Gasteiger partial charge on any atom is 0.229 e. The smallest absolute Gasteiger partial charge is 0.229 e. The number of hydrogen-bond donors (Lipinski definition) is 0. The summed E-state index contributed by atoms with van der Waals surface area (Å²) in [5.41, 5.74) is 0. The molecule has 0 radical (unpaired) electrons. The zero-order valence-corrected chi connectivity index (χ0v) is 14.2. The highest BCUT2D eigenvalue weighted by Crippen LogP contribution is 2.31. The summed E-state index contributed by atoms with van der Waals surface area (Å²) in [6.07, 6.45) is 8.62. The maximum absolute atomic E-state index is 12.2. The van der Waals surface area contributed by atoms with E-state index in [1.807, 2.05) is 7.05 Å². The van der Waals surface area contributed by atoms with Crippen molar-refractivity contribution in [2.75, 3.05) is 13.6 Å². The molecule has 1 aliphatic rings. The van der Waals surface area contributed by atoms with Gasteiger partial charge in [-0.15, -0.1) is 0 Å². The lowest BCUT2D eigenvalue weighted by Gasteiger charge is -2.21. The Morgan fingerprint density at radius 2 is 1.95 bits per heavy atom. The SMILES string of the molecule is CCC(CC)C(=O)N(C)CCc1noc(C2CCCCC2)n1. The quantitative estimate of drug-likeness (QED) is 0.773. The molecule has 5 heteroatoms. The van der Waals surface area contributed by atoms with Gasteiger partial charge in [0.15, 0.2) is 5.82 Å². The number of aromatic nitrogens is 2. The minimum Gasteiger partial charge on any atom is -0.345 e. The lowest BCUT2D eigenvalue weighted by Crippen LogP contribution is -2.34. The van der Waals surface area contributed by atoms with E-state index in [0.29, 0.717) is 18.9 Å². The third-order valence-corrected chi connectivity index (χ3v) is 4.82. The molecular formula is C17H29N3O2. The first-order valence-electron chi connectivity index (χ1n) is 8.73. The van der Waals surface area contributed by atoms with E-state index < -0.39 is 0 Å². The van der Waals surface area contributed by atoms with E-state index in [0.717, 1.165) is 37.4 Å². The van der Waals surface area contributed by atoms with Crippen LogP contribution >= 0.6 is 0 Å². The molecule has 22 heavy (non-hydrogen) atoms. The molecule has 1 saturated carbocycles. The van der Waals surface area contributed by atoms with E-state index in [9.17, 15) is 4.79 Å². The van der Waals surface area contributed by atoms with Crippen molar-refractivity contribution in [3.05, 3.63) is 11.7 Å². The molecule has 0 spiro atoms. The molecule has 5 nitrogen and oxygen atoms in total. The second-order valence-electron chi connectivity index (χ2n) is 6.41. The van der Waals surface area contributed by atoms with Crippen LogP contribution in [0.1, 0.15) is 76.4 Å². The molecule has 0 aromatic carbocycles. The summed E-state index contributed by atoms with van der Waals surface area (Å²) in [6, 6.07) is 0. The van der Waals surface area contributed by atoms with Crippen LogP contribution in [0.5, 0.6) is 0 Å². The molecule has 1 fully saturated rings. The van der Waals surface area contributed by atoms with Crippen LogP contribution in [0.4, 0.5) is 0 Å². The van der Waals surface area contributed by atoms with Gasteiger partial charge in [-0.05, 0) is 25.7 Å². The molecule has 0 saturated heterocycles. The van der Waals surface area contributed by atoms with Gasteiger partial charge in [0, 0.05) is 31.8 Å². The molecule has 1 amide bonds. The number of nitrogens with zero attached hydrogens (tertiary/aromatic N) is 3. The summed E-state index contributed by atoms with van der Waals surface area (Å²) in [5, 5.41) is 4.08. The Morgan fingerprint density at radius 1 is 1.27 bits per heavy atom. The van der Waals surface area contributed by atoms with Crippen LogP contribution < -0.4 is 0 Å². The first-order valence-corrected chi connectivity index (χ1v) is 8.73. The lowest BCUT2D eigenvalue weighted by atomic mass is 9.89. The monoisotopic (exact) mass is 307 g/mol. The van der Waals surface area contributed by atoms with Crippen LogP contribution in [0.2, 0.25) is 0 Å². The molecule has 1 aromatic heterocycles. The molecule has 0 unspecified atom stereocenters. The van der Waals surface area contributed by atoms with Gasteiger partial charge >= 0.3 is 0 Å². The molecule has 0 N–H and O–H groups in total. The van der Waals surface area contributed by atoms with Gasteiger partial charge in [0.2, 0.25) is 11.8 Å². The fourth-order valence-corrected chi connectivity index (χ4v) is 3.21. The van der Waals surface area contributed by atoms with Crippen molar-refractivity contribution in [2.24, 2.45) is 5.92 Å². The summed E-state index contributed by atoms with van der Waals surface area (Å²) >= 11 is 0. The molecule has 1 aromatic rings. The normalized spacial score (nSPS) is 16.2. The van der Waals surface area contributed by atoms with Gasteiger partial charge < -0.3 is 9.42 Å². The summed E-state index contributed by atoms with van der Waals surface area (Å²) in [7, 11) is 1.86. The summed E-state index contributed by atoms with van der Waals surface area (Å²) in [5.74, 6) is 2.32. The van der Waals surface area contributed by atoms with Gasteiger partial charge in [0.05, 0.1) is 0 Å². The number of amides is 1. The standard InChI is InChI=1S/C17H29N3O2/c1-4-13(5-2)17(21)20(3)12-11-15-18-16(22-19-15)14-9-7-6-8-10-14/h13-14H,4-12H2,1-3H3. The molecule has 0 aliphatic heterocycles. The number of hydrogen-bond acceptors (Lipinski definition) is 4. The Balaban J connectivity index is 1.84. The minimum absolute atomic E-state index is 0.132. The van der Waals surface area contributed by atoms with Gasteiger partial charge in [-0.3, -0.25) is 4.79 Å². The van der Waals surface area contributed by atoms with Gasteiger partial charge in [0.1, 0.15) is 0 Å². The Bertz CT molecular complexity index is 462. The second kappa shape index (κ2) is 8.30. The average molecular weight is 307 g/mol. The third kappa shape index (κ3) is 4.31. The van der Waals surface area contributed by atoms with E-state index >= 15 is 0 Å². The number of rotatable bonds is 7. The van der Waals surface area contributed by atoms with E-state index in [1.54, 1.807) is 4.90 Å². The summed E-state index contributed by atoms with van der Waals surface area (Å²) in [4.78, 5) is 18.6. The van der Waals surface area contributed by atoms with Crippen molar-refractivity contribution in [1.29, 1.82) is 0 Å². The van der Waals surface area contributed by atoms with Crippen LogP contribution in [0.15, 0.2) is 4.52 Å². The maximum atomic E-state index is 12.2. The lowest BCUT2D eigenvalue weighted by molar-refractivity contribution is -0.134. The van der Waals surface area contributed by atoms with Crippen LogP contribution in [0.25, 0.3) is 0 Å². The van der Waals surface area contributed by atoms with Crippen molar-refractivity contribution in [3.63, 3.8) is 0 Å². The summed E-state index contributed by atoms with van der Waals surface area (Å²) < 4.78 is 5.42. The predicted molar refractivity (Wildman–Crippen MR) is 85.5 cm³/mol. The number of carbonyl (C=O) groups excluding carboxylic acids is 1. The predicted octanol–water partition coefficient (Wildman–Crippen LogP) is 3.55. The zero-order valence-electron chi connectivity index (χ0n) is 14.2. The van der Waals surface area contributed by atoms with Gasteiger partial charge in [-0.2, -0.15) is 4.98 Å². The fraction of sp³-hybridized carbons (Fsp3) is 0.824. The Labute approximate surface area is 133 Å². The van der Waals surface area contributed by atoms with Crippen molar-refractivity contribution in [2.45, 2.75) is 71.1 Å². The molecular weight excluding hydrogens is 278 g/mol. The first-order chi connectivity index (χ1) is 10.7. The average Bonchev–Trinajstić information content (AvgIpc) is 3.03. The van der Waals surface area contributed by atoms with E-state index in [-0.39, 0.29) is 11.8 Å². The number of likely N-dealkylation sites (N-methyl/N-ethyl adjacent to an activating group) is 1. The number of carbonyl (C=O) groups is 1. The highest BCUT2D eigenvalue weighted by Gasteiger charge is 2.22. The fourth-order valence-electron chi connectivity index (χ4n) is 3.21. The minimum atomic E-state index is 0.132. The Hall–Kier alpha value is -1.39. The van der Waals surface area contributed by atoms with Crippen molar-refractivity contribution in [1.82, 2.24) is 15.0 Å². The van der Waals surface area contributed by atoms with Crippen molar-refractivity contribution in [3.8, 4) is 0 Å². The van der Waals surface area contributed by atoms with Crippen LogP contribution in [-0.4, -0.2) is 34.5 Å². The highest BCUT2D eigenvalue weighted by atomic mass is 16.5. The largest absolute Gasteiger partial charge is 0.345 e. The van der Waals surface area contributed by atoms with Gasteiger partial charge in [-0.25, -0.2) is 0 Å². The van der Waals surface area contributed by atoms with Gasteiger partial charge in [0.25, 0.3) is 0 Å². The first kappa shape index (κ1) is 17.0. The highest BCUT2D eigenvalue weighted by molar-refractivity contribution is 5.78. The zero-order chi connectivity index (χ0) is 15.9. The Kier molecular flexibility index (Phi) is 6.40. The van der Waals surface area contributed by atoms with Crippen molar-refractivity contribution >= 4 is 5.91 Å². The van der Waals surface area contributed by atoms with Crippen LogP contribution in [-0.2, 0) is 11.2 Å². The molecule has 0 bridgehead atoms. The van der Waals surface area contributed by atoms with Crippen molar-refractivity contribution < 1.29 is 9.32 Å². The summed E-state index contributed by atoms with van der Waals surface area (Å²) in [6.45, 7) is 4.78. The Morgan fingerprint density at radius 3 is 2.59 bits per heavy atom. The molecule has 124 valence electrons. The van der Waals surface area contributed by atoms with Crippen LogP contribution in [0.3, 0.4) is 0 Å². The molecule has 2 rings (SSSR count). The van der Waals surface area contributed by atoms with Gasteiger partial charge in [-0.1, -0.05) is 38.3 Å². The molecule has 1 heterocycles. The van der Waals surface area contributed by atoms with E-state index in [2.05, 4.69) is 24.0 Å². The molecule has 0 atom stereocenters. The van der Waals surface area contributed by atoms with E-state index in [4.69, 9.17) is 4.52 Å². The second-order valence-corrected chi connectivity index (χ2v) is 6.41. The van der Waals surface area contributed by atoms with Crippen LogP contribution in [0, 0.1) is 5.92 Å². The third-order valence-electron chi connectivity index (χ3n) is 4.82.